The number of carbonyl (C=O) groups excluding carboxylic acids is 1. The first-order valence-electron chi connectivity index (χ1n) is 11.0. The van der Waals surface area contributed by atoms with E-state index in [-0.39, 0.29) is 17.2 Å². The molecule has 1 heterocycles. The molecule has 33 heavy (non-hydrogen) atoms. The molecule has 1 aliphatic heterocycles. The summed E-state index contributed by atoms with van der Waals surface area (Å²) in [6.07, 6.45) is 1.98. The van der Waals surface area contributed by atoms with Crippen LogP contribution in [0.4, 0.5) is 5.69 Å². The third kappa shape index (κ3) is 6.26. The number of anilines is 1. The summed E-state index contributed by atoms with van der Waals surface area (Å²) in [5, 5.41) is 3.08. The van der Waals surface area contributed by atoms with Gasteiger partial charge in [-0.1, -0.05) is 23.7 Å². The number of aryl methyl sites for hydroxylation is 2. The van der Waals surface area contributed by atoms with Gasteiger partial charge in [0.2, 0.25) is 15.9 Å². The van der Waals surface area contributed by atoms with Crippen molar-refractivity contribution < 1.29 is 17.9 Å². The lowest BCUT2D eigenvalue weighted by atomic mass is 10.1. The number of benzene rings is 2. The maximum absolute atomic E-state index is 12.8. The Labute approximate surface area is 201 Å². The van der Waals surface area contributed by atoms with Gasteiger partial charge in [0, 0.05) is 32.6 Å². The maximum atomic E-state index is 12.8. The Balaban J connectivity index is 1.59. The molecule has 0 spiro atoms. The van der Waals surface area contributed by atoms with Crippen LogP contribution in [-0.4, -0.2) is 57.3 Å². The van der Waals surface area contributed by atoms with Crippen LogP contribution >= 0.6 is 11.6 Å². The quantitative estimate of drug-likeness (QED) is 0.566. The third-order valence-corrected chi connectivity index (χ3v) is 8.04. The number of hydrogen-bond donors (Lipinski definition) is 1. The van der Waals surface area contributed by atoms with Crippen LogP contribution in [0.15, 0.2) is 35.2 Å². The molecule has 0 atom stereocenters. The Hall–Kier alpha value is -2.13. The van der Waals surface area contributed by atoms with Crippen LogP contribution in [0.25, 0.3) is 0 Å². The molecule has 1 N–H and O–H groups in total. The first kappa shape index (κ1) is 25.5. The number of ether oxygens (including phenoxy) is 1. The predicted molar refractivity (Wildman–Crippen MR) is 131 cm³/mol. The van der Waals surface area contributed by atoms with E-state index < -0.39 is 10.0 Å². The van der Waals surface area contributed by atoms with Gasteiger partial charge in [0.05, 0.1) is 22.7 Å². The molecule has 0 unspecified atom stereocenters. The van der Waals surface area contributed by atoms with Gasteiger partial charge < -0.3 is 15.0 Å². The Morgan fingerprint density at radius 1 is 1.15 bits per heavy atom. The fourth-order valence-electron chi connectivity index (χ4n) is 4.19. The number of sulfonamides is 1. The number of nitrogens with zero attached hydrogens (tertiary/aromatic N) is 2. The summed E-state index contributed by atoms with van der Waals surface area (Å²) in [7, 11) is 0.0469. The standard InChI is InChI=1S/C24H32ClN3O4S/c1-17-13-19(14-18(2)24(17)32-4)16-27(3)12-9-23(29)26-22-15-20(7-8-21(22)25)33(30,31)28-10-5-6-11-28/h7-8,13-15H,5-6,9-12,16H2,1-4H3,(H,26,29). The van der Waals surface area contributed by atoms with Crippen LogP contribution in [0.3, 0.4) is 0 Å². The van der Waals surface area contributed by atoms with Crippen LogP contribution in [0, 0.1) is 13.8 Å². The van der Waals surface area contributed by atoms with Gasteiger partial charge in [-0.2, -0.15) is 4.31 Å². The van der Waals surface area contributed by atoms with E-state index in [9.17, 15) is 13.2 Å². The lowest BCUT2D eigenvalue weighted by molar-refractivity contribution is -0.116. The van der Waals surface area contributed by atoms with Crippen molar-refractivity contribution in [1.29, 1.82) is 0 Å². The van der Waals surface area contributed by atoms with Crippen LogP contribution in [-0.2, 0) is 21.4 Å². The molecule has 7 nitrogen and oxygen atoms in total. The van der Waals surface area contributed by atoms with Crippen LogP contribution in [0.2, 0.25) is 5.02 Å². The minimum Gasteiger partial charge on any atom is -0.496 e. The average Bonchev–Trinajstić information content (AvgIpc) is 3.29. The fraction of sp³-hybridized carbons (Fsp3) is 0.458. The number of nitrogens with one attached hydrogen (secondary N) is 1. The van der Waals surface area contributed by atoms with Crippen molar-refractivity contribution in [3.63, 3.8) is 0 Å². The van der Waals surface area contributed by atoms with Gasteiger partial charge in [-0.3, -0.25) is 4.79 Å². The topological polar surface area (TPSA) is 79.0 Å². The SMILES string of the molecule is COc1c(C)cc(CN(C)CCC(=O)Nc2cc(S(=O)(=O)N3CCCC3)ccc2Cl)cc1C. The number of carbonyl (C=O) groups is 1. The molecular formula is C24H32ClN3O4S. The van der Waals surface area contributed by atoms with E-state index in [4.69, 9.17) is 16.3 Å². The molecule has 1 amide bonds. The monoisotopic (exact) mass is 493 g/mol. The Morgan fingerprint density at radius 3 is 2.39 bits per heavy atom. The van der Waals surface area contributed by atoms with E-state index in [2.05, 4.69) is 22.3 Å². The summed E-state index contributed by atoms with van der Waals surface area (Å²) in [5.74, 6) is 0.674. The molecule has 3 rings (SSSR count). The van der Waals surface area contributed by atoms with Gasteiger partial charge in [0.15, 0.2) is 0 Å². The highest BCUT2D eigenvalue weighted by atomic mass is 35.5. The van der Waals surface area contributed by atoms with Gasteiger partial charge in [-0.05, 0) is 68.6 Å². The van der Waals surface area contributed by atoms with Gasteiger partial charge in [-0.25, -0.2) is 8.42 Å². The van der Waals surface area contributed by atoms with E-state index in [0.29, 0.717) is 36.9 Å². The lowest BCUT2D eigenvalue weighted by Crippen LogP contribution is -2.28. The highest BCUT2D eigenvalue weighted by molar-refractivity contribution is 7.89. The first-order valence-corrected chi connectivity index (χ1v) is 12.9. The molecule has 9 heteroatoms. The molecule has 1 saturated heterocycles. The molecule has 0 saturated carbocycles. The lowest BCUT2D eigenvalue weighted by Gasteiger charge is -2.19. The summed E-state index contributed by atoms with van der Waals surface area (Å²) in [4.78, 5) is 14.8. The largest absolute Gasteiger partial charge is 0.496 e. The van der Waals surface area contributed by atoms with Gasteiger partial charge >= 0.3 is 0 Å². The van der Waals surface area contributed by atoms with Gasteiger partial charge in [-0.15, -0.1) is 0 Å². The van der Waals surface area contributed by atoms with Crippen molar-refractivity contribution in [3.8, 4) is 5.75 Å². The van der Waals surface area contributed by atoms with E-state index in [1.54, 1.807) is 7.11 Å². The number of rotatable bonds is 9. The summed E-state index contributed by atoms with van der Waals surface area (Å²) >= 11 is 6.23. The zero-order valence-electron chi connectivity index (χ0n) is 19.7. The number of hydrogen-bond acceptors (Lipinski definition) is 5. The summed E-state index contributed by atoms with van der Waals surface area (Å²) in [6, 6.07) is 8.63. The van der Waals surface area contributed by atoms with E-state index in [0.717, 1.165) is 35.3 Å². The summed E-state index contributed by atoms with van der Waals surface area (Å²) in [6.45, 7) is 6.32. The van der Waals surface area contributed by atoms with Crippen molar-refractivity contribution in [2.75, 3.05) is 39.1 Å². The predicted octanol–water partition coefficient (Wildman–Crippen LogP) is 4.21. The molecule has 0 aromatic heterocycles. The fourth-order valence-corrected chi connectivity index (χ4v) is 5.90. The van der Waals surface area contributed by atoms with Crippen molar-refractivity contribution in [3.05, 3.63) is 52.0 Å². The van der Waals surface area contributed by atoms with Crippen LogP contribution < -0.4 is 10.1 Å². The van der Waals surface area contributed by atoms with E-state index >= 15 is 0 Å². The number of methoxy groups -OCH3 is 1. The molecule has 2 aromatic carbocycles. The maximum Gasteiger partial charge on any atom is 0.243 e. The highest BCUT2D eigenvalue weighted by Crippen LogP contribution is 2.29. The first-order chi connectivity index (χ1) is 15.6. The Bertz CT molecular complexity index is 1090. The second-order valence-corrected chi connectivity index (χ2v) is 10.9. The number of halogens is 1. The highest BCUT2D eigenvalue weighted by Gasteiger charge is 2.27. The average molecular weight is 494 g/mol. The van der Waals surface area contributed by atoms with E-state index in [1.807, 2.05) is 20.9 Å². The Morgan fingerprint density at radius 2 is 1.79 bits per heavy atom. The minimum absolute atomic E-state index is 0.145. The van der Waals surface area contributed by atoms with Crippen molar-refractivity contribution in [2.45, 2.75) is 44.6 Å². The summed E-state index contributed by atoms with van der Waals surface area (Å²) in [5.41, 5.74) is 3.62. The van der Waals surface area contributed by atoms with Gasteiger partial charge in [0.25, 0.3) is 0 Å². The third-order valence-electron chi connectivity index (χ3n) is 5.81. The molecule has 2 aromatic rings. The smallest absolute Gasteiger partial charge is 0.243 e. The van der Waals surface area contributed by atoms with Crippen molar-refractivity contribution in [2.24, 2.45) is 0 Å². The molecule has 180 valence electrons. The number of amides is 1. The minimum atomic E-state index is -3.58. The second-order valence-electron chi connectivity index (χ2n) is 8.55. The van der Waals surface area contributed by atoms with Crippen molar-refractivity contribution in [1.82, 2.24) is 9.21 Å². The van der Waals surface area contributed by atoms with Crippen LogP contribution in [0.1, 0.15) is 36.0 Å². The zero-order valence-corrected chi connectivity index (χ0v) is 21.2. The molecule has 0 radical (unpaired) electrons. The summed E-state index contributed by atoms with van der Waals surface area (Å²) < 4.78 is 32.5. The molecular weight excluding hydrogens is 462 g/mol. The molecule has 0 bridgehead atoms. The Kier molecular flexibility index (Phi) is 8.39. The van der Waals surface area contributed by atoms with Crippen molar-refractivity contribution >= 4 is 33.2 Å². The van der Waals surface area contributed by atoms with E-state index in [1.165, 1.54) is 22.5 Å². The van der Waals surface area contributed by atoms with Crippen LogP contribution in [0.5, 0.6) is 5.75 Å². The molecule has 1 fully saturated rings. The molecule has 0 aliphatic carbocycles. The van der Waals surface area contributed by atoms with Gasteiger partial charge in [0.1, 0.15) is 5.75 Å². The second kappa shape index (κ2) is 10.9. The normalized spacial score (nSPS) is 14.6. The zero-order chi connectivity index (χ0) is 24.2. The molecule has 1 aliphatic rings.